The SMILES string of the molecule is N#Cc1c(Cl)cccc1N[C@H]1CCSC1. The molecule has 0 aliphatic carbocycles. The summed E-state index contributed by atoms with van der Waals surface area (Å²) < 4.78 is 0. The molecular weight excluding hydrogens is 228 g/mol. The first-order valence-corrected chi connectivity index (χ1v) is 6.37. The zero-order valence-corrected chi connectivity index (χ0v) is 9.74. The molecule has 1 atom stereocenters. The van der Waals surface area contributed by atoms with Crippen molar-refractivity contribution in [2.45, 2.75) is 12.5 Å². The van der Waals surface area contributed by atoms with Crippen molar-refractivity contribution in [3.8, 4) is 6.07 Å². The third-order valence-electron chi connectivity index (χ3n) is 2.41. The van der Waals surface area contributed by atoms with Crippen LogP contribution in [0.1, 0.15) is 12.0 Å². The topological polar surface area (TPSA) is 35.8 Å². The Morgan fingerprint density at radius 2 is 2.40 bits per heavy atom. The van der Waals surface area contributed by atoms with E-state index in [1.54, 1.807) is 6.07 Å². The molecule has 1 aliphatic rings. The van der Waals surface area contributed by atoms with E-state index in [9.17, 15) is 0 Å². The lowest BCUT2D eigenvalue weighted by Crippen LogP contribution is -2.18. The van der Waals surface area contributed by atoms with E-state index in [0.29, 0.717) is 16.6 Å². The Morgan fingerprint density at radius 1 is 1.53 bits per heavy atom. The first kappa shape index (κ1) is 10.7. The highest BCUT2D eigenvalue weighted by Crippen LogP contribution is 2.27. The van der Waals surface area contributed by atoms with Gasteiger partial charge in [0.15, 0.2) is 0 Å². The predicted octanol–water partition coefficient (Wildman–Crippen LogP) is 3.13. The minimum atomic E-state index is 0.473. The summed E-state index contributed by atoms with van der Waals surface area (Å²) in [6.07, 6.45) is 1.15. The summed E-state index contributed by atoms with van der Waals surface area (Å²) >= 11 is 7.89. The zero-order valence-electron chi connectivity index (χ0n) is 8.16. The number of nitrogens with zero attached hydrogens (tertiary/aromatic N) is 1. The van der Waals surface area contributed by atoms with Gasteiger partial charge in [0.1, 0.15) is 6.07 Å². The maximum atomic E-state index is 8.99. The fourth-order valence-corrected chi connectivity index (χ4v) is 3.00. The number of halogens is 1. The van der Waals surface area contributed by atoms with Crippen molar-refractivity contribution in [3.05, 3.63) is 28.8 Å². The number of thioether (sulfide) groups is 1. The second kappa shape index (κ2) is 4.78. The van der Waals surface area contributed by atoms with E-state index < -0.39 is 0 Å². The molecule has 0 amide bonds. The molecule has 15 heavy (non-hydrogen) atoms. The highest BCUT2D eigenvalue weighted by Gasteiger charge is 2.16. The predicted molar refractivity (Wildman–Crippen MR) is 65.5 cm³/mol. The van der Waals surface area contributed by atoms with Gasteiger partial charge in [-0.3, -0.25) is 0 Å². The van der Waals surface area contributed by atoms with Gasteiger partial charge in [-0.15, -0.1) is 0 Å². The molecule has 2 nitrogen and oxygen atoms in total. The molecule has 0 unspecified atom stereocenters. The summed E-state index contributed by atoms with van der Waals surface area (Å²) in [7, 11) is 0. The molecule has 0 spiro atoms. The Hall–Kier alpha value is -0.850. The van der Waals surface area contributed by atoms with E-state index in [-0.39, 0.29) is 0 Å². The standard InChI is InChI=1S/C11H11ClN2S/c12-10-2-1-3-11(9(10)6-13)14-8-4-5-15-7-8/h1-3,8,14H,4-5,7H2/t8-/m0/s1. The average molecular weight is 239 g/mol. The van der Waals surface area contributed by atoms with Gasteiger partial charge in [-0.2, -0.15) is 17.0 Å². The van der Waals surface area contributed by atoms with Gasteiger partial charge in [-0.1, -0.05) is 17.7 Å². The van der Waals surface area contributed by atoms with Crippen LogP contribution in [0.3, 0.4) is 0 Å². The Labute approximate surface area is 98.6 Å². The lowest BCUT2D eigenvalue weighted by molar-refractivity contribution is 0.812. The third kappa shape index (κ3) is 2.39. The van der Waals surface area contributed by atoms with Crippen LogP contribution in [0, 0.1) is 11.3 Å². The minimum absolute atomic E-state index is 0.473. The fraction of sp³-hybridized carbons (Fsp3) is 0.364. The van der Waals surface area contributed by atoms with E-state index in [2.05, 4.69) is 11.4 Å². The van der Waals surface area contributed by atoms with E-state index in [0.717, 1.165) is 17.9 Å². The maximum Gasteiger partial charge on any atom is 0.103 e. The number of hydrogen-bond donors (Lipinski definition) is 1. The largest absolute Gasteiger partial charge is 0.380 e. The van der Waals surface area contributed by atoms with E-state index in [1.165, 1.54) is 5.75 Å². The van der Waals surface area contributed by atoms with Gasteiger partial charge >= 0.3 is 0 Å². The first-order chi connectivity index (χ1) is 7.31. The molecule has 1 aromatic rings. The van der Waals surface area contributed by atoms with Crippen LogP contribution in [-0.2, 0) is 0 Å². The van der Waals surface area contributed by atoms with Gasteiger partial charge in [-0.25, -0.2) is 0 Å². The molecule has 1 heterocycles. The van der Waals surface area contributed by atoms with Gasteiger partial charge in [0.2, 0.25) is 0 Å². The second-order valence-electron chi connectivity index (χ2n) is 3.48. The molecule has 1 aromatic carbocycles. The summed E-state index contributed by atoms with van der Waals surface area (Å²) in [4.78, 5) is 0. The smallest absolute Gasteiger partial charge is 0.103 e. The summed E-state index contributed by atoms with van der Waals surface area (Å²) in [5.74, 6) is 2.30. The molecule has 2 rings (SSSR count). The molecule has 1 N–H and O–H groups in total. The van der Waals surface area contributed by atoms with Crippen LogP contribution in [-0.4, -0.2) is 17.5 Å². The van der Waals surface area contributed by atoms with E-state index in [4.69, 9.17) is 16.9 Å². The van der Waals surface area contributed by atoms with Crippen LogP contribution < -0.4 is 5.32 Å². The molecule has 1 saturated heterocycles. The lowest BCUT2D eigenvalue weighted by Gasteiger charge is -2.14. The molecule has 0 saturated carbocycles. The van der Waals surface area contributed by atoms with Gasteiger partial charge in [0.25, 0.3) is 0 Å². The van der Waals surface area contributed by atoms with Gasteiger partial charge in [0, 0.05) is 11.8 Å². The molecule has 0 bridgehead atoms. The van der Waals surface area contributed by atoms with Crippen LogP contribution in [0.4, 0.5) is 5.69 Å². The van der Waals surface area contributed by atoms with Crippen LogP contribution in [0.15, 0.2) is 18.2 Å². The average Bonchev–Trinajstić information content (AvgIpc) is 2.71. The molecule has 0 aromatic heterocycles. The Kier molecular flexibility index (Phi) is 3.40. The first-order valence-electron chi connectivity index (χ1n) is 4.84. The van der Waals surface area contributed by atoms with Crippen molar-refractivity contribution in [1.82, 2.24) is 0 Å². The van der Waals surface area contributed by atoms with E-state index >= 15 is 0 Å². The Bertz CT molecular complexity index is 394. The number of benzene rings is 1. The summed E-state index contributed by atoms with van der Waals surface area (Å²) in [5.41, 5.74) is 1.41. The van der Waals surface area contributed by atoms with Crippen molar-refractivity contribution in [3.63, 3.8) is 0 Å². The fourth-order valence-electron chi connectivity index (χ4n) is 1.63. The lowest BCUT2D eigenvalue weighted by atomic mass is 10.1. The summed E-state index contributed by atoms with van der Waals surface area (Å²) in [6, 6.07) is 8.13. The zero-order chi connectivity index (χ0) is 10.7. The normalized spacial score (nSPS) is 19.9. The number of anilines is 1. The summed E-state index contributed by atoms with van der Waals surface area (Å²) in [6.45, 7) is 0. The van der Waals surface area contributed by atoms with Gasteiger partial charge in [0.05, 0.1) is 16.3 Å². The number of rotatable bonds is 2. The molecule has 78 valence electrons. The van der Waals surface area contributed by atoms with Gasteiger partial charge < -0.3 is 5.32 Å². The van der Waals surface area contributed by atoms with Crippen LogP contribution >= 0.6 is 23.4 Å². The van der Waals surface area contributed by atoms with Crippen molar-refractivity contribution >= 4 is 29.1 Å². The highest BCUT2D eigenvalue weighted by atomic mass is 35.5. The molecule has 1 aliphatic heterocycles. The monoisotopic (exact) mass is 238 g/mol. The molecule has 1 fully saturated rings. The molecule has 4 heteroatoms. The van der Waals surface area contributed by atoms with Crippen molar-refractivity contribution in [2.75, 3.05) is 16.8 Å². The van der Waals surface area contributed by atoms with Crippen LogP contribution in [0.2, 0.25) is 5.02 Å². The van der Waals surface area contributed by atoms with Crippen molar-refractivity contribution < 1.29 is 0 Å². The quantitative estimate of drug-likeness (QED) is 0.860. The van der Waals surface area contributed by atoms with Crippen molar-refractivity contribution in [2.24, 2.45) is 0 Å². The summed E-state index contributed by atoms with van der Waals surface area (Å²) in [5, 5.41) is 12.9. The Balaban J connectivity index is 2.20. The Morgan fingerprint density at radius 3 is 3.07 bits per heavy atom. The van der Waals surface area contributed by atoms with Gasteiger partial charge in [-0.05, 0) is 24.3 Å². The third-order valence-corrected chi connectivity index (χ3v) is 3.89. The number of hydrogen-bond acceptors (Lipinski definition) is 3. The second-order valence-corrected chi connectivity index (χ2v) is 5.04. The molecule has 0 radical (unpaired) electrons. The minimum Gasteiger partial charge on any atom is -0.380 e. The van der Waals surface area contributed by atoms with Crippen LogP contribution in [0.25, 0.3) is 0 Å². The highest BCUT2D eigenvalue weighted by molar-refractivity contribution is 7.99. The van der Waals surface area contributed by atoms with E-state index in [1.807, 2.05) is 23.9 Å². The molecular formula is C11H11ClN2S. The maximum absolute atomic E-state index is 8.99. The van der Waals surface area contributed by atoms with Crippen molar-refractivity contribution in [1.29, 1.82) is 5.26 Å². The number of nitriles is 1. The van der Waals surface area contributed by atoms with Crippen LogP contribution in [0.5, 0.6) is 0 Å². The number of nitrogens with one attached hydrogen (secondary N) is 1.